The number of carbonyl (C=O) groups is 1. The number of thioether (sulfide) groups is 3. The Morgan fingerprint density at radius 2 is 1.57 bits per heavy atom. The first-order chi connectivity index (χ1) is 32.1. The number of aryl methyl sites for hydroxylation is 3. The summed E-state index contributed by atoms with van der Waals surface area (Å²) in [6.07, 6.45) is -1.73. The van der Waals surface area contributed by atoms with Gasteiger partial charge in [-0.3, -0.25) is 9.78 Å². The molecule has 3 aromatic rings. The van der Waals surface area contributed by atoms with Crippen molar-refractivity contribution in [3.63, 3.8) is 0 Å². The molecule has 0 spiro atoms. The normalized spacial score (nSPS) is 27.2. The van der Waals surface area contributed by atoms with Crippen LogP contribution in [0, 0.1) is 20.8 Å². The molecular weight excluding hydrogens is 913 g/mol. The quantitative estimate of drug-likeness (QED) is 0.0579. The van der Waals surface area contributed by atoms with E-state index in [1.54, 1.807) is 11.8 Å². The van der Waals surface area contributed by atoms with Crippen molar-refractivity contribution in [1.29, 1.82) is 0 Å². The molecule has 0 amide bonds. The number of carbonyl (C=O) groups excluding carboxylic acids is 1. The average molecular weight is 983 g/mol. The number of hydrogen-bond donors (Lipinski definition) is 8. The largest absolute Gasteiger partial charge is 0.394 e. The van der Waals surface area contributed by atoms with Crippen molar-refractivity contribution >= 4 is 73.6 Å². The summed E-state index contributed by atoms with van der Waals surface area (Å²) < 4.78 is 18.1. The zero-order chi connectivity index (χ0) is 48.1. The number of aromatic amines is 2. The minimum atomic E-state index is -1.41. The zero-order valence-electron chi connectivity index (χ0n) is 39.8. The minimum absolute atomic E-state index is 0.0181. The number of allylic oxidation sites excluding steroid dienone is 2. The van der Waals surface area contributed by atoms with E-state index in [0.717, 1.165) is 91.3 Å². The maximum Gasteiger partial charge on any atom is 0.188 e. The topological polar surface area (TPSA) is 223 Å². The van der Waals surface area contributed by atoms with Gasteiger partial charge in [-0.2, -0.15) is 0 Å². The molecule has 0 aromatic carbocycles. The molecule has 0 aliphatic carbocycles. The molecule has 17 heteroatoms. The van der Waals surface area contributed by atoms with Crippen molar-refractivity contribution in [2.75, 3.05) is 37.1 Å². The first kappa shape index (κ1) is 52.1. The first-order valence-electron chi connectivity index (χ1n) is 23.8. The number of hydrogen-bond acceptors (Lipinski definition) is 15. The van der Waals surface area contributed by atoms with Gasteiger partial charge in [0.15, 0.2) is 5.12 Å². The molecule has 67 heavy (non-hydrogen) atoms. The van der Waals surface area contributed by atoms with Crippen molar-refractivity contribution in [2.24, 2.45) is 0 Å². The van der Waals surface area contributed by atoms with E-state index in [9.17, 15) is 35.4 Å². The molecule has 4 aliphatic rings. The first-order valence-corrected chi connectivity index (χ1v) is 26.9. The van der Waals surface area contributed by atoms with Gasteiger partial charge in [-0.25, -0.2) is 4.98 Å². The maximum atomic E-state index is 13.4. The highest BCUT2D eigenvalue weighted by atomic mass is 32.2. The summed E-state index contributed by atoms with van der Waals surface area (Å²) in [6, 6.07) is 8.61. The van der Waals surface area contributed by atoms with Crippen LogP contribution < -0.4 is 0 Å². The monoisotopic (exact) mass is 982 g/mol. The molecule has 7 rings (SSSR count). The third-order valence-corrected chi connectivity index (χ3v) is 17.2. The molecule has 2 fully saturated rings. The minimum Gasteiger partial charge on any atom is -0.394 e. The lowest BCUT2D eigenvalue weighted by molar-refractivity contribution is -0.205. The number of nitrogens with one attached hydrogen (secondary N) is 2. The predicted octanol–water partition coefficient (Wildman–Crippen LogP) is 7.49. The lowest BCUT2D eigenvalue weighted by Gasteiger charge is -2.39. The molecule has 7 heterocycles. The standard InChI is InChI=1S/C50H70N4O10S3/c1-8-33-26(3)37-22-41-45(30(7)62-13-9-14-67-50-49(61)48(60)47(59)42(24-56)64-50)28(5)39(53-41)21-38-27(4)34(46(54-38)29(6)36-17-25(2)35(51-36)20-40(33)52-37)11-12-43(58)65-15-10-16-66-44-19-31(57)18-32(23-55)63-44/h17,20-22,27,30-32,34,42,44,47-51,53,55-57,59-61H,8-16,18-19,23-24H2,1-7H3/t27-,30?,31-,32-,34-,42+,44-,47+,48-,49+,50?/m0/s1. The summed E-state index contributed by atoms with van der Waals surface area (Å²) in [5.41, 5.74) is 13.2. The molecule has 8 N–H and O–H groups in total. The van der Waals surface area contributed by atoms with Crippen LogP contribution in [0.1, 0.15) is 136 Å². The summed E-state index contributed by atoms with van der Waals surface area (Å²) in [4.78, 5) is 31.5. The Labute approximate surface area is 406 Å². The van der Waals surface area contributed by atoms with Crippen molar-refractivity contribution in [1.82, 2.24) is 19.9 Å². The molecule has 14 nitrogen and oxygen atoms in total. The van der Waals surface area contributed by atoms with Crippen LogP contribution in [-0.2, 0) is 19.0 Å². The van der Waals surface area contributed by atoms with E-state index in [2.05, 4.69) is 75.8 Å². The third-order valence-electron chi connectivity index (χ3n) is 13.7. The number of aliphatic hydroxyl groups excluding tert-OH is 6. The van der Waals surface area contributed by atoms with E-state index in [1.165, 1.54) is 29.1 Å². The van der Waals surface area contributed by atoms with Crippen LogP contribution in [0.15, 0.2) is 24.3 Å². The lowest BCUT2D eigenvalue weighted by atomic mass is 9.86. The van der Waals surface area contributed by atoms with Crippen LogP contribution in [0.2, 0.25) is 0 Å². The average Bonchev–Trinajstić information content (AvgIpc) is 4.02. The number of aliphatic hydroxyl groups is 6. The Bertz CT molecular complexity index is 2410. The predicted molar refractivity (Wildman–Crippen MR) is 269 cm³/mol. The molecule has 2 saturated heterocycles. The Hall–Kier alpha value is -2.78. The van der Waals surface area contributed by atoms with Gasteiger partial charge in [0, 0.05) is 82.5 Å². The van der Waals surface area contributed by atoms with Gasteiger partial charge in [0.2, 0.25) is 0 Å². The van der Waals surface area contributed by atoms with Gasteiger partial charge in [0.25, 0.3) is 0 Å². The molecule has 8 bridgehead atoms. The lowest BCUT2D eigenvalue weighted by Crippen LogP contribution is -2.57. The number of fused-ring (bicyclic) bond motifs is 8. The highest BCUT2D eigenvalue weighted by Crippen LogP contribution is 2.43. The fourth-order valence-corrected chi connectivity index (χ4v) is 12.9. The SMILES string of the molecule is CCC1=C(C)c2cc3[nH]c(cc4nc(c(C)c5cc(C)c(cc1n2)[nH]5)[C@@H](CCC(=O)SCCCS[C@H]1C[C@@H](O)C[C@@H](CO)O1)[C@@H]4C)c(C)c3C(C)OCCCSC1O[C@H](CO)[C@@H](O)[C@H](O)[C@H]1O. The van der Waals surface area contributed by atoms with E-state index in [-0.39, 0.29) is 41.2 Å². The van der Waals surface area contributed by atoms with Crippen LogP contribution in [-0.4, -0.2) is 140 Å². The van der Waals surface area contributed by atoms with E-state index >= 15 is 0 Å². The van der Waals surface area contributed by atoms with Gasteiger partial charge in [-0.15, -0.1) is 23.5 Å². The summed E-state index contributed by atoms with van der Waals surface area (Å²) in [7, 11) is 0. The van der Waals surface area contributed by atoms with Crippen molar-refractivity contribution in [2.45, 2.75) is 159 Å². The van der Waals surface area contributed by atoms with Crippen molar-refractivity contribution < 1.29 is 49.6 Å². The van der Waals surface area contributed by atoms with E-state index < -0.39 is 42.6 Å². The summed E-state index contributed by atoms with van der Waals surface area (Å²) in [5.74, 6) is 2.13. The van der Waals surface area contributed by atoms with Crippen molar-refractivity contribution in [3.05, 3.63) is 69.3 Å². The number of H-pyrrole nitrogens is 2. The molecule has 3 aromatic heterocycles. The van der Waals surface area contributed by atoms with Crippen molar-refractivity contribution in [3.8, 4) is 0 Å². The number of rotatable bonds is 18. The molecule has 368 valence electrons. The molecule has 2 unspecified atom stereocenters. The summed E-state index contributed by atoms with van der Waals surface area (Å²) >= 11 is 4.34. The number of ether oxygens (including phenoxy) is 3. The Morgan fingerprint density at radius 3 is 2.31 bits per heavy atom. The fraction of sp³-hybridized carbons (Fsp3) is 0.620. The van der Waals surface area contributed by atoms with Crippen LogP contribution in [0.3, 0.4) is 0 Å². The van der Waals surface area contributed by atoms with Crippen LogP contribution in [0.25, 0.3) is 33.2 Å². The third kappa shape index (κ3) is 12.1. The Kier molecular flexibility index (Phi) is 18.2. The van der Waals surface area contributed by atoms with E-state index in [0.29, 0.717) is 50.2 Å². The van der Waals surface area contributed by atoms with Gasteiger partial charge in [0.05, 0.1) is 42.9 Å². The fourth-order valence-electron chi connectivity index (χ4n) is 9.72. The Balaban J connectivity index is 1.13. The highest BCUT2D eigenvalue weighted by molar-refractivity contribution is 8.13. The van der Waals surface area contributed by atoms with E-state index in [4.69, 9.17) is 24.2 Å². The summed E-state index contributed by atoms with van der Waals surface area (Å²) in [6.45, 7) is 14.7. The van der Waals surface area contributed by atoms with Gasteiger partial charge < -0.3 is 54.8 Å². The van der Waals surface area contributed by atoms with Gasteiger partial charge in [-0.05, 0) is 124 Å². The van der Waals surface area contributed by atoms with Crippen LogP contribution in [0.5, 0.6) is 0 Å². The second-order valence-corrected chi connectivity index (χ2v) is 22.0. The molecular formula is C50H70N4O10S3. The highest BCUT2D eigenvalue weighted by Gasteiger charge is 2.43. The molecule has 0 saturated carbocycles. The maximum absolute atomic E-state index is 13.4. The number of nitrogens with zero attached hydrogens (tertiary/aromatic N) is 2. The molecule has 11 atom stereocenters. The molecule has 4 aliphatic heterocycles. The van der Waals surface area contributed by atoms with Crippen LogP contribution in [0.4, 0.5) is 0 Å². The second kappa shape index (κ2) is 23.4. The Morgan fingerprint density at radius 1 is 0.836 bits per heavy atom. The summed E-state index contributed by atoms with van der Waals surface area (Å²) in [5, 5.41) is 60.4. The van der Waals surface area contributed by atoms with Gasteiger partial charge in [-0.1, -0.05) is 25.6 Å². The molecule has 0 radical (unpaired) electrons. The van der Waals surface area contributed by atoms with Gasteiger partial charge >= 0.3 is 0 Å². The smallest absolute Gasteiger partial charge is 0.188 e. The van der Waals surface area contributed by atoms with E-state index in [1.807, 2.05) is 6.92 Å². The number of aromatic nitrogens is 4. The van der Waals surface area contributed by atoms with Gasteiger partial charge in [0.1, 0.15) is 35.3 Å². The van der Waals surface area contributed by atoms with Crippen LogP contribution >= 0.6 is 35.3 Å². The zero-order valence-corrected chi connectivity index (χ0v) is 42.2. The second-order valence-electron chi connectivity index (χ2n) is 18.4.